The maximum absolute atomic E-state index is 5.53. The Kier molecular flexibility index (Phi) is 8.22. The average molecular weight is 469 g/mol. The third-order valence-electron chi connectivity index (χ3n) is 7.62. The molecule has 1 heterocycles. The SMILES string of the molecule is COc1cc2c(cc1OC)CCN(CCCN(C)C1CCc3cc(OC)c(OC)cc3C1)CC2. The van der Waals surface area contributed by atoms with Gasteiger partial charge in [-0.25, -0.2) is 0 Å². The number of nitrogens with zero attached hydrogens (tertiary/aromatic N) is 2. The molecule has 4 rings (SSSR count). The van der Waals surface area contributed by atoms with Crippen LogP contribution in [0.15, 0.2) is 24.3 Å². The number of hydrogen-bond acceptors (Lipinski definition) is 6. The van der Waals surface area contributed by atoms with E-state index in [1.165, 1.54) is 35.1 Å². The molecular weight excluding hydrogens is 428 g/mol. The minimum absolute atomic E-state index is 0.582. The monoisotopic (exact) mass is 468 g/mol. The molecule has 0 N–H and O–H groups in total. The highest BCUT2D eigenvalue weighted by Crippen LogP contribution is 2.35. The molecule has 0 aromatic heterocycles. The number of aryl methyl sites for hydroxylation is 1. The molecule has 186 valence electrons. The molecular formula is C28H40N2O4. The van der Waals surface area contributed by atoms with Crippen molar-refractivity contribution in [2.24, 2.45) is 0 Å². The van der Waals surface area contributed by atoms with E-state index in [9.17, 15) is 0 Å². The molecule has 0 spiro atoms. The van der Waals surface area contributed by atoms with Gasteiger partial charge >= 0.3 is 0 Å². The van der Waals surface area contributed by atoms with E-state index in [0.717, 1.165) is 74.9 Å². The lowest BCUT2D eigenvalue weighted by Gasteiger charge is -2.33. The van der Waals surface area contributed by atoms with Crippen molar-refractivity contribution in [2.75, 3.05) is 61.7 Å². The summed E-state index contributed by atoms with van der Waals surface area (Å²) in [5.41, 5.74) is 5.59. The fourth-order valence-electron chi connectivity index (χ4n) is 5.49. The second kappa shape index (κ2) is 11.3. The normalized spacial score (nSPS) is 18.1. The van der Waals surface area contributed by atoms with E-state index in [2.05, 4.69) is 41.1 Å². The number of fused-ring (bicyclic) bond motifs is 2. The first kappa shape index (κ1) is 24.7. The topological polar surface area (TPSA) is 43.4 Å². The van der Waals surface area contributed by atoms with E-state index in [-0.39, 0.29) is 0 Å². The maximum Gasteiger partial charge on any atom is 0.161 e. The number of ether oxygens (including phenoxy) is 4. The lowest BCUT2D eigenvalue weighted by Crippen LogP contribution is -2.38. The van der Waals surface area contributed by atoms with E-state index in [1.54, 1.807) is 28.4 Å². The summed E-state index contributed by atoms with van der Waals surface area (Å²) in [6, 6.07) is 9.24. The van der Waals surface area contributed by atoms with Gasteiger partial charge in [0.1, 0.15) is 0 Å². The van der Waals surface area contributed by atoms with Gasteiger partial charge in [0.15, 0.2) is 23.0 Å². The fraction of sp³-hybridized carbons (Fsp3) is 0.571. The van der Waals surface area contributed by atoms with Crippen LogP contribution in [0, 0.1) is 0 Å². The number of methoxy groups -OCH3 is 4. The highest BCUT2D eigenvalue weighted by molar-refractivity contribution is 5.49. The molecule has 0 saturated heterocycles. The van der Waals surface area contributed by atoms with Crippen LogP contribution in [0.4, 0.5) is 0 Å². The smallest absolute Gasteiger partial charge is 0.161 e. The number of rotatable bonds is 9. The Morgan fingerprint density at radius 3 is 1.71 bits per heavy atom. The predicted molar refractivity (Wildman–Crippen MR) is 136 cm³/mol. The molecule has 2 aromatic rings. The Morgan fingerprint density at radius 2 is 1.21 bits per heavy atom. The van der Waals surface area contributed by atoms with E-state index >= 15 is 0 Å². The fourth-order valence-corrected chi connectivity index (χ4v) is 5.49. The van der Waals surface area contributed by atoms with Crippen LogP contribution in [0.5, 0.6) is 23.0 Å². The van der Waals surface area contributed by atoms with Crippen LogP contribution in [0.25, 0.3) is 0 Å². The lowest BCUT2D eigenvalue weighted by molar-refractivity contribution is 0.199. The Morgan fingerprint density at radius 1 is 0.735 bits per heavy atom. The maximum atomic E-state index is 5.53. The van der Waals surface area contributed by atoms with E-state index in [4.69, 9.17) is 18.9 Å². The van der Waals surface area contributed by atoms with Crippen molar-refractivity contribution in [1.29, 1.82) is 0 Å². The zero-order valence-electron chi connectivity index (χ0n) is 21.5. The van der Waals surface area contributed by atoms with E-state index in [1.807, 2.05) is 0 Å². The van der Waals surface area contributed by atoms with Gasteiger partial charge in [-0.3, -0.25) is 0 Å². The molecule has 1 unspecified atom stereocenters. The van der Waals surface area contributed by atoms with E-state index < -0.39 is 0 Å². The van der Waals surface area contributed by atoms with Gasteiger partial charge in [0.25, 0.3) is 0 Å². The summed E-state index contributed by atoms with van der Waals surface area (Å²) in [6.45, 7) is 4.47. The first-order chi connectivity index (χ1) is 16.6. The minimum Gasteiger partial charge on any atom is -0.493 e. The van der Waals surface area contributed by atoms with Crippen LogP contribution in [0.1, 0.15) is 35.1 Å². The summed E-state index contributed by atoms with van der Waals surface area (Å²) in [5, 5.41) is 0. The summed E-state index contributed by atoms with van der Waals surface area (Å²) in [5.74, 6) is 3.34. The van der Waals surface area contributed by atoms with Gasteiger partial charge in [-0.05, 0) is 105 Å². The van der Waals surface area contributed by atoms with Gasteiger partial charge in [0.05, 0.1) is 28.4 Å². The first-order valence-corrected chi connectivity index (χ1v) is 12.5. The summed E-state index contributed by atoms with van der Waals surface area (Å²) in [6.07, 6.45) is 6.69. The molecule has 0 amide bonds. The van der Waals surface area contributed by atoms with Crippen LogP contribution in [-0.2, 0) is 25.7 Å². The molecule has 1 aliphatic heterocycles. The van der Waals surface area contributed by atoms with Crippen molar-refractivity contribution in [3.05, 3.63) is 46.5 Å². The van der Waals surface area contributed by atoms with Gasteiger partial charge in [0.2, 0.25) is 0 Å². The van der Waals surface area contributed by atoms with Crippen molar-refractivity contribution in [3.63, 3.8) is 0 Å². The second-order valence-corrected chi connectivity index (χ2v) is 9.52. The van der Waals surface area contributed by atoms with Crippen LogP contribution in [0.3, 0.4) is 0 Å². The largest absolute Gasteiger partial charge is 0.493 e. The summed E-state index contributed by atoms with van der Waals surface area (Å²) >= 11 is 0. The molecule has 1 atom stereocenters. The summed E-state index contributed by atoms with van der Waals surface area (Å²) < 4.78 is 22.0. The lowest BCUT2D eigenvalue weighted by atomic mass is 9.87. The zero-order chi connectivity index (χ0) is 24.1. The van der Waals surface area contributed by atoms with Crippen LogP contribution in [-0.4, -0.2) is 77.5 Å². The van der Waals surface area contributed by atoms with Crippen molar-refractivity contribution >= 4 is 0 Å². The highest BCUT2D eigenvalue weighted by Gasteiger charge is 2.24. The average Bonchev–Trinajstić information content (AvgIpc) is 3.08. The van der Waals surface area contributed by atoms with Gasteiger partial charge < -0.3 is 28.7 Å². The van der Waals surface area contributed by atoms with Crippen molar-refractivity contribution in [2.45, 2.75) is 44.6 Å². The second-order valence-electron chi connectivity index (χ2n) is 9.52. The summed E-state index contributed by atoms with van der Waals surface area (Å²) in [7, 11) is 9.13. The highest BCUT2D eigenvalue weighted by atomic mass is 16.5. The Balaban J connectivity index is 1.28. The molecule has 6 heteroatoms. The van der Waals surface area contributed by atoms with Gasteiger partial charge in [-0.15, -0.1) is 0 Å². The Hall–Kier alpha value is -2.44. The Labute approximate surface area is 204 Å². The number of benzene rings is 2. The van der Waals surface area contributed by atoms with Gasteiger partial charge in [0, 0.05) is 19.1 Å². The molecule has 0 bridgehead atoms. The number of hydrogen-bond donors (Lipinski definition) is 0. The van der Waals surface area contributed by atoms with Crippen LogP contribution in [0.2, 0.25) is 0 Å². The number of likely N-dealkylation sites (N-methyl/N-ethyl adjacent to an activating group) is 1. The molecule has 1 aliphatic carbocycles. The van der Waals surface area contributed by atoms with Crippen molar-refractivity contribution < 1.29 is 18.9 Å². The Bertz CT molecular complexity index is 942. The van der Waals surface area contributed by atoms with Crippen molar-refractivity contribution in [1.82, 2.24) is 9.80 Å². The van der Waals surface area contributed by atoms with E-state index in [0.29, 0.717) is 6.04 Å². The quantitative estimate of drug-likeness (QED) is 0.554. The standard InChI is InChI=1S/C28H40N2O4/c1-29(24-8-7-20-16-25(31-2)28(34-5)19-23(20)15-24)11-6-12-30-13-9-21-17-26(32-3)27(33-4)18-22(21)10-14-30/h16-19,24H,6-15H2,1-5H3. The minimum atomic E-state index is 0.582. The van der Waals surface area contributed by atoms with Crippen LogP contribution < -0.4 is 18.9 Å². The predicted octanol–water partition coefficient (Wildman–Crippen LogP) is 4.00. The molecule has 0 saturated carbocycles. The molecule has 34 heavy (non-hydrogen) atoms. The molecule has 2 aliphatic rings. The third-order valence-corrected chi connectivity index (χ3v) is 7.62. The summed E-state index contributed by atoms with van der Waals surface area (Å²) in [4.78, 5) is 5.17. The van der Waals surface area contributed by atoms with Crippen LogP contribution >= 0.6 is 0 Å². The molecule has 0 radical (unpaired) electrons. The third kappa shape index (κ3) is 5.44. The molecule has 2 aromatic carbocycles. The molecule has 0 fully saturated rings. The van der Waals surface area contributed by atoms with Crippen molar-refractivity contribution in [3.8, 4) is 23.0 Å². The zero-order valence-corrected chi connectivity index (χ0v) is 21.5. The first-order valence-electron chi connectivity index (χ1n) is 12.5. The van der Waals surface area contributed by atoms with Gasteiger partial charge in [-0.1, -0.05) is 0 Å². The molecule has 6 nitrogen and oxygen atoms in total. The van der Waals surface area contributed by atoms with Gasteiger partial charge in [-0.2, -0.15) is 0 Å².